The molecule has 0 radical (unpaired) electrons. The van der Waals surface area contributed by atoms with Gasteiger partial charge in [-0.3, -0.25) is 9.59 Å². The van der Waals surface area contributed by atoms with Crippen molar-refractivity contribution in [3.63, 3.8) is 0 Å². The van der Waals surface area contributed by atoms with Crippen molar-refractivity contribution < 1.29 is 19.1 Å². The molecule has 0 unspecified atom stereocenters. The van der Waals surface area contributed by atoms with Gasteiger partial charge in [0.15, 0.2) is 5.78 Å². The van der Waals surface area contributed by atoms with E-state index in [1.165, 1.54) is 31.2 Å². The molecule has 0 saturated heterocycles. The van der Waals surface area contributed by atoms with Crippen LogP contribution in [0.5, 0.6) is 0 Å². The number of carbonyl (C=O) groups is 3. The Kier molecular flexibility index (Phi) is 3.94. The SMILES string of the molecule is CCOC(=O)c1ccc(C(=O)C(C)=O)cc1. The second-order valence-corrected chi connectivity index (χ2v) is 3.18. The molecule has 16 heavy (non-hydrogen) atoms. The predicted molar refractivity (Wildman–Crippen MR) is 57.4 cm³/mol. The lowest BCUT2D eigenvalue weighted by molar-refractivity contribution is -0.113. The van der Waals surface area contributed by atoms with Crippen LogP contribution >= 0.6 is 0 Å². The van der Waals surface area contributed by atoms with Crippen LogP contribution in [0.3, 0.4) is 0 Å². The fraction of sp³-hybridized carbons (Fsp3) is 0.250. The summed E-state index contributed by atoms with van der Waals surface area (Å²) in [6.07, 6.45) is 0. The lowest BCUT2D eigenvalue weighted by Crippen LogP contribution is -2.10. The van der Waals surface area contributed by atoms with Crippen molar-refractivity contribution in [2.45, 2.75) is 13.8 Å². The second kappa shape index (κ2) is 5.21. The number of ketones is 2. The van der Waals surface area contributed by atoms with E-state index in [2.05, 4.69) is 0 Å². The Labute approximate surface area is 93.2 Å². The van der Waals surface area contributed by atoms with Gasteiger partial charge in [-0.25, -0.2) is 4.79 Å². The average Bonchev–Trinajstić information content (AvgIpc) is 2.28. The van der Waals surface area contributed by atoms with Crippen LogP contribution in [-0.4, -0.2) is 24.1 Å². The first-order valence-electron chi connectivity index (χ1n) is 4.88. The minimum absolute atomic E-state index is 0.278. The van der Waals surface area contributed by atoms with Crippen LogP contribution in [-0.2, 0) is 9.53 Å². The number of hydrogen-bond donors (Lipinski definition) is 0. The Morgan fingerprint density at radius 1 is 1.06 bits per heavy atom. The van der Waals surface area contributed by atoms with Crippen molar-refractivity contribution in [3.05, 3.63) is 35.4 Å². The molecule has 1 aromatic carbocycles. The number of Topliss-reactive ketones (excluding diaryl/α,β-unsaturated/α-hetero) is 2. The molecule has 0 atom stereocenters. The first-order valence-corrected chi connectivity index (χ1v) is 4.88. The lowest BCUT2D eigenvalue weighted by Gasteiger charge is -2.02. The quantitative estimate of drug-likeness (QED) is 0.439. The van der Waals surface area contributed by atoms with Gasteiger partial charge in [0.1, 0.15) is 0 Å². The van der Waals surface area contributed by atoms with E-state index in [-0.39, 0.29) is 5.56 Å². The average molecular weight is 220 g/mol. The maximum Gasteiger partial charge on any atom is 0.338 e. The number of carbonyl (C=O) groups excluding carboxylic acids is 3. The summed E-state index contributed by atoms with van der Waals surface area (Å²) in [5, 5.41) is 0. The van der Waals surface area contributed by atoms with E-state index < -0.39 is 17.5 Å². The Morgan fingerprint density at radius 2 is 1.56 bits per heavy atom. The number of rotatable bonds is 4. The molecule has 4 heteroatoms. The number of esters is 1. The molecule has 0 fully saturated rings. The summed E-state index contributed by atoms with van der Waals surface area (Å²) in [6.45, 7) is 3.22. The van der Waals surface area contributed by atoms with Gasteiger partial charge in [0.25, 0.3) is 0 Å². The van der Waals surface area contributed by atoms with Crippen LogP contribution in [0, 0.1) is 0 Å². The van der Waals surface area contributed by atoms with Crippen LogP contribution in [0.25, 0.3) is 0 Å². The fourth-order valence-electron chi connectivity index (χ4n) is 1.18. The molecule has 4 nitrogen and oxygen atoms in total. The predicted octanol–water partition coefficient (Wildman–Crippen LogP) is 1.64. The Bertz CT molecular complexity index is 417. The normalized spacial score (nSPS) is 9.62. The molecule has 1 rings (SSSR count). The molecule has 0 spiro atoms. The van der Waals surface area contributed by atoms with E-state index in [0.717, 1.165) is 0 Å². The van der Waals surface area contributed by atoms with Gasteiger partial charge in [-0.2, -0.15) is 0 Å². The van der Waals surface area contributed by atoms with Gasteiger partial charge in [-0.1, -0.05) is 12.1 Å². The molecule has 1 aromatic rings. The third kappa shape index (κ3) is 2.76. The zero-order valence-electron chi connectivity index (χ0n) is 9.15. The maximum atomic E-state index is 11.3. The number of hydrogen-bond acceptors (Lipinski definition) is 4. The third-order valence-corrected chi connectivity index (χ3v) is 1.98. The van der Waals surface area contributed by atoms with Gasteiger partial charge in [-0.05, 0) is 19.1 Å². The van der Waals surface area contributed by atoms with E-state index in [9.17, 15) is 14.4 Å². The van der Waals surface area contributed by atoms with E-state index in [0.29, 0.717) is 12.2 Å². The van der Waals surface area contributed by atoms with Crippen LogP contribution in [0.4, 0.5) is 0 Å². The topological polar surface area (TPSA) is 60.4 Å². The van der Waals surface area contributed by atoms with Gasteiger partial charge in [0.2, 0.25) is 5.78 Å². The summed E-state index contributed by atoms with van der Waals surface area (Å²) in [5.41, 5.74) is 0.641. The minimum atomic E-state index is -0.560. The Hall–Kier alpha value is -1.97. The van der Waals surface area contributed by atoms with Crippen molar-refractivity contribution in [3.8, 4) is 0 Å². The van der Waals surface area contributed by atoms with Crippen molar-refractivity contribution >= 4 is 17.5 Å². The van der Waals surface area contributed by atoms with Crippen LogP contribution in [0.1, 0.15) is 34.6 Å². The Morgan fingerprint density at radius 3 is 2.00 bits per heavy atom. The first kappa shape index (κ1) is 12.1. The summed E-state index contributed by atoms with van der Waals surface area (Å²) >= 11 is 0. The molecular weight excluding hydrogens is 208 g/mol. The van der Waals surface area contributed by atoms with Gasteiger partial charge in [-0.15, -0.1) is 0 Å². The molecule has 0 aliphatic carbocycles. The smallest absolute Gasteiger partial charge is 0.338 e. The molecular formula is C12H12O4. The molecule has 84 valence electrons. The first-order chi connectivity index (χ1) is 7.56. The van der Waals surface area contributed by atoms with E-state index in [4.69, 9.17) is 4.74 Å². The molecule has 0 saturated carbocycles. The molecule has 0 N–H and O–H groups in total. The van der Waals surface area contributed by atoms with Gasteiger partial charge in [0.05, 0.1) is 12.2 Å². The molecule has 0 aromatic heterocycles. The van der Waals surface area contributed by atoms with Crippen LogP contribution in [0.15, 0.2) is 24.3 Å². The third-order valence-electron chi connectivity index (χ3n) is 1.98. The van der Waals surface area contributed by atoms with Gasteiger partial charge < -0.3 is 4.74 Å². The highest BCUT2D eigenvalue weighted by molar-refractivity contribution is 6.42. The van der Waals surface area contributed by atoms with E-state index in [1.807, 2.05) is 0 Å². The summed E-state index contributed by atoms with van der Waals surface area (Å²) in [5.74, 6) is -1.52. The van der Waals surface area contributed by atoms with Crippen molar-refractivity contribution in [1.82, 2.24) is 0 Å². The summed E-state index contributed by atoms with van der Waals surface area (Å²) in [7, 11) is 0. The highest BCUT2D eigenvalue weighted by Gasteiger charge is 2.12. The summed E-state index contributed by atoms with van der Waals surface area (Å²) in [6, 6.07) is 5.81. The largest absolute Gasteiger partial charge is 0.462 e. The number of benzene rings is 1. The van der Waals surface area contributed by atoms with E-state index >= 15 is 0 Å². The second-order valence-electron chi connectivity index (χ2n) is 3.18. The minimum Gasteiger partial charge on any atom is -0.462 e. The van der Waals surface area contributed by atoms with Crippen molar-refractivity contribution in [2.24, 2.45) is 0 Å². The summed E-state index contributed by atoms with van der Waals surface area (Å²) < 4.78 is 4.78. The molecule has 0 amide bonds. The van der Waals surface area contributed by atoms with Crippen LogP contribution in [0.2, 0.25) is 0 Å². The maximum absolute atomic E-state index is 11.3. The monoisotopic (exact) mass is 220 g/mol. The zero-order valence-corrected chi connectivity index (χ0v) is 9.15. The Balaban J connectivity index is 2.87. The van der Waals surface area contributed by atoms with Gasteiger partial charge >= 0.3 is 5.97 Å². The molecule has 0 aliphatic heterocycles. The lowest BCUT2D eigenvalue weighted by atomic mass is 10.1. The van der Waals surface area contributed by atoms with Crippen molar-refractivity contribution in [2.75, 3.05) is 6.61 Å². The standard InChI is InChI=1S/C12H12O4/c1-3-16-12(15)10-6-4-9(5-7-10)11(14)8(2)13/h4-7H,3H2,1-2H3. The highest BCUT2D eigenvalue weighted by Crippen LogP contribution is 2.07. The molecule has 0 aliphatic rings. The molecule has 0 heterocycles. The highest BCUT2D eigenvalue weighted by atomic mass is 16.5. The van der Waals surface area contributed by atoms with E-state index in [1.54, 1.807) is 6.92 Å². The van der Waals surface area contributed by atoms with Crippen LogP contribution < -0.4 is 0 Å². The zero-order chi connectivity index (χ0) is 12.1. The fourth-order valence-corrected chi connectivity index (χ4v) is 1.18. The van der Waals surface area contributed by atoms with Gasteiger partial charge in [0, 0.05) is 12.5 Å². The van der Waals surface area contributed by atoms with Crippen molar-refractivity contribution in [1.29, 1.82) is 0 Å². The summed E-state index contributed by atoms with van der Waals surface area (Å²) in [4.78, 5) is 33.4. The molecule has 0 bridgehead atoms. The number of ether oxygens (including phenoxy) is 1.